The van der Waals surface area contributed by atoms with Gasteiger partial charge in [0, 0.05) is 13.1 Å². The van der Waals surface area contributed by atoms with Gasteiger partial charge in [-0.1, -0.05) is 13.3 Å². The summed E-state index contributed by atoms with van der Waals surface area (Å²) in [5.74, 6) is -2.06. The SMILES string of the molecule is CCCC1CN(CC(F)(F)CN)C1. The Morgan fingerprint density at radius 3 is 2.54 bits per heavy atom. The van der Waals surface area contributed by atoms with Crippen molar-refractivity contribution in [1.29, 1.82) is 0 Å². The molecule has 1 aliphatic heterocycles. The number of halogens is 2. The van der Waals surface area contributed by atoms with E-state index < -0.39 is 12.5 Å². The number of hydrogen-bond donors (Lipinski definition) is 1. The van der Waals surface area contributed by atoms with E-state index in [4.69, 9.17) is 5.73 Å². The van der Waals surface area contributed by atoms with E-state index in [9.17, 15) is 8.78 Å². The summed E-state index contributed by atoms with van der Waals surface area (Å²) in [6.45, 7) is 3.07. The molecule has 0 atom stereocenters. The van der Waals surface area contributed by atoms with E-state index in [1.165, 1.54) is 0 Å². The summed E-state index contributed by atoms with van der Waals surface area (Å²) in [5.41, 5.74) is 4.95. The van der Waals surface area contributed by atoms with Crippen LogP contribution in [0.2, 0.25) is 0 Å². The van der Waals surface area contributed by atoms with Gasteiger partial charge >= 0.3 is 0 Å². The number of nitrogens with two attached hydrogens (primary N) is 1. The van der Waals surface area contributed by atoms with Crippen LogP contribution in [0.4, 0.5) is 8.78 Å². The molecule has 2 nitrogen and oxygen atoms in total. The average molecular weight is 192 g/mol. The quantitative estimate of drug-likeness (QED) is 0.711. The lowest BCUT2D eigenvalue weighted by molar-refractivity contribution is -0.0540. The molecule has 0 aromatic carbocycles. The predicted molar refractivity (Wildman–Crippen MR) is 48.8 cm³/mol. The average Bonchev–Trinajstić information content (AvgIpc) is 2.01. The normalized spacial score (nSPS) is 20.3. The monoisotopic (exact) mass is 192 g/mol. The molecule has 0 unspecified atom stereocenters. The van der Waals surface area contributed by atoms with Gasteiger partial charge in [0.25, 0.3) is 5.92 Å². The summed E-state index contributed by atoms with van der Waals surface area (Å²) in [7, 11) is 0. The van der Waals surface area contributed by atoms with Gasteiger partial charge in [-0.25, -0.2) is 8.78 Å². The zero-order valence-electron chi connectivity index (χ0n) is 8.10. The van der Waals surface area contributed by atoms with E-state index >= 15 is 0 Å². The van der Waals surface area contributed by atoms with Crippen molar-refractivity contribution < 1.29 is 8.78 Å². The second-order valence-corrected chi connectivity index (χ2v) is 3.91. The number of hydrogen-bond acceptors (Lipinski definition) is 2. The molecule has 0 aromatic rings. The van der Waals surface area contributed by atoms with Crippen LogP contribution in [0.15, 0.2) is 0 Å². The minimum Gasteiger partial charge on any atom is -0.325 e. The standard InChI is InChI=1S/C9H18F2N2/c1-2-3-8-4-13(5-8)7-9(10,11)6-12/h8H,2-7,12H2,1H3. The number of likely N-dealkylation sites (tertiary alicyclic amines) is 1. The van der Waals surface area contributed by atoms with Crippen molar-refractivity contribution >= 4 is 0 Å². The summed E-state index contributed by atoms with van der Waals surface area (Å²) >= 11 is 0. The second kappa shape index (κ2) is 4.33. The van der Waals surface area contributed by atoms with Crippen molar-refractivity contribution in [2.24, 2.45) is 11.7 Å². The Labute approximate surface area is 78.1 Å². The molecule has 2 N–H and O–H groups in total. The Kier molecular flexibility index (Phi) is 3.62. The van der Waals surface area contributed by atoms with Crippen molar-refractivity contribution in [1.82, 2.24) is 4.90 Å². The summed E-state index contributed by atoms with van der Waals surface area (Å²) in [5, 5.41) is 0. The summed E-state index contributed by atoms with van der Waals surface area (Å²) in [6.07, 6.45) is 2.30. The third-order valence-electron chi connectivity index (χ3n) is 2.48. The molecule has 4 heteroatoms. The Hall–Kier alpha value is -0.220. The molecular formula is C9H18F2N2. The zero-order valence-corrected chi connectivity index (χ0v) is 8.10. The van der Waals surface area contributed by atoms with Crippen LogP contribution in [0.1, 0.15) is 19.8 Å². The Balaban J connectivity index is 2.14. The molecule has 0 saturated carbocycles. The van der Waals surface area contributed by atoms with E-state index in [1.807, 2.05) is 0 Å². The van der Waals surface area contributed by atoms with Crippen molar-refractivity contribution in [2.45, 2.75) is 25.7 Å². The smallest absolute Gasteiger partial charge is 0.272 e. The van der Waals surface area contributed by atoms with Gasteiger partial charge in [-0.05, 0) is 12.3 Å². The maximum Gasteiger partial charge on any atom is 0.272 e. The van der Waals surface area contributed by atoms with E-state index in [0.717, 1.165) is 25.9 Å². The largest absolute Gasteiger partial charge is 0.325 e. The zero-order chi connectivity index (χ0) is 9.90. The Morgan fingerprint density at radius 1 is 1.46 bits per heavy atom. The minimum atomic E-state index is -2.70. The van der Waals surface area contributed by atoms with E-state index in [0.29, 0.717) is 5.92 Å². The molecule has 0 radical (unpaired) electrons. The fraction of sp³-hybridized carbons (Fsp3) is 1.00. The molecule has 1 rings (SSSR count). The van der Waals surface area contributed by atoms with Gasteiger partial charge in [-0.3, -0.25) is 4.90 Å². The van der Waals surface area contributed by atoms with Crippen LogP contribution in [-0.2, 0) is 0 Å². The molecule has 1 aliphatic rings. The first-order valence-corrected chi connectivity index (χ1v) is 4.87. The summed E-state index contributed by atoms with van der Waals surface area (Å²) in [4.78, 5) is 1.78. The number of rotatable bonds is 5. The molecule has 0 aromatic heterocycles. The summed E-state index contributed by atoms with van der Waals surface area (Å²) < 4.78 is 25.5. The lowest BCUT2D eigenvalue weighted by Crippen LogP contribution is -2.52. The van der Waals surface area contributed by atoms with Gasteiger partial charge in [-0.2, -0.15) is 0 Å². The first kappa shape index (κ1) is 10.9. The highest BCUT2D eigenvalue weighted by Gasteiger charge is 2.35. The Bertz CT molecular complexity index is 156. The van der Waals surface area contributed by atoms with Crippen LogP contribution in [0.5, 0.6) is 0 Å². The predicted octanol–water partition coefficient (Wildman–Crippen LogP) is 1.31. The molecule has 78 valence electrons. The topological polar surface area (TPSA) is 29.3 Å². The van der Waals surface area contributed by atoms with E-state index in [2.05, 4.69) is 6.92 Å². The van der Waals surface area contributed by atoms with Crippen molar-refractivity contribution in [3.8, 4) is 0 Å². The Morgan fingerprint density at radius 2 is 2.08 bits per heavy atom. The fourth-order valence-electron chi connectivity index (χ4n) is 1.79. The molecule has 0 amide bonds. The van der Waals surface area contributed by atoms with E-state index in [-0.39, 0.29) is 6.54 Å². The van der Waals surface area contributed by atoms with Crippen LogP contribution in [0.25, 0.3) is 0 Å². The van der Waals surface area contributed by atoms with Gasteiger partial charge < -0.3 is 5.73 Å². The van der Waals surface area contributed by atoms with Gasteiger partial charge in [0.05, 0.1) is 13.1 Å². The molecule has 1 fully saturated rings. The lowest BCUT2D eigenvalue weighted by atomic mass is 9.95. The molecule has 13 heavy (non-hydrogen) atoms. The first-order chi connectivity index (χ1) is 6.07. The maximum atomic E-state index is 12.8. The highest BCUT2D eigenvalue weighted by molar-refractivity contribution is 4.83. The van der Waals surface area contributed by atoms with Gasteiger partial charge in [0.2, 0.25) is 0 Å². The molecule has 0 spiro atoms. The van der Waals surface area contributed by atoms with Crippen LogP contribution < -0.4 is 5.73 Å². The van der Waals surface area contributed by atoms with Crippen LogP contribution in [-0.4, -0.2) is 37.0 Å². The molecular weight excluding hydrogens is 174 g/mol. The van der Waals surface area contributed by atoms with Crippen LogP contribution in [0, 0.1) is 5.92 Å². The molecule has 1 heterocycles. The van der Waals surface area contributed by atoms with Gasteiger partial charge in [0.1, 0.15) is 0 Å². The van der Waals surface area contributed by atoms with Crippen LogP contribution in [0.3, 0.4) is 0 Å². The molecule has 1 saturated heterocycles. The highest BCUT2D eigenvalue weighted by atomic mass is 19.3. The summed E-state index contributed by atoms with van der Waals surface area (Å²) in [6, 6.07) is 0. The first-order valence-electron chi connectivity index (χ1n) is 4.87. The van der Waals surface area contributed by atoms with Crippen molar-refractivity contribution in [3.63, 3.8) is 0 Å². The highest BCUT2D eigenvalue weighted by Crippen LogP contribution is 2.24. The maximum absolute atomic E-state index is 12.8. The van der Waals surface area contributed by atoms with E-state index in [1.54, 1.807) is 4.90 Å². The molecule has 0 bridgehead atoms. The second-order valence-electron chi connectivity index (χ2n) is 3.91. The van der Waals surface area contributed by atoms with Gasteiger partial charge in [-0.15, -0.1) is 0 Å². The number of alkyl halides is 2. The van der Waals surface area contributed by atoms with Gasteiger partial charge in [0.15, 0.2) is 0 Å². The van der Waals surface area contributed by atoms with Crippen molar-refractivity contribution in [2.75, 3.05) is 26.2 Å². The third-order valence-corrected chi connectivity index (χ3v) is 2.48. The molecule has 0 aliphatic carbocycles. The minimum absolute atomic E-state index is 0.163. The number of nitrogens with zero attached hydrogens (tertiary/aromatic N) is 1. The third kappa shape index (κ3) is 3.19. The lowest BCUT2D eigenvalue weighted by Gasteiger charge is -2.40. The van der Waals surface area contributed by atoms with Crippen LogP contribution >= 0.6 is 0 Å². The fourth-order valence-corrected chi connectivity index (χ4v) is 1.79. The van der Waals surface area contributed by atoms with Crippen molar-refractivity contribution in [3.05, 3.63) is 0 Å².